The average molecular weight is 347 g/mol. The predicted molar refractivity (Wildman–Crippen MR) is 86.6 cm³/mol. The molecule has 1 aromatic carbocycles. The van der Waals surface area contributed by atoms with Gasteiger partial charge in [-0.1, -0.05) is 22.9 Å². The lowest BCUT2D eigenvalue weighted by Crippen LogP contribution is -2.33. The normalized spacial score (nSPS) is 12.2. The van der Waals surface area contributed by atoms with Crippen LogP contribution in [0.2, 0.25) is 0 Å². The zero-order valence-electron chi connectivity index (χ0n) is 11.4. The highest BCUT2D eigenvalue weighted by Gasteiger charge is 2.17. The van der Waals surface area contributed by atoms with E-state index in [1.165, 1.54) is 0 Å². The molecule has 1 aromatic rings. The van der Waals surface area contributed by atoms with Crippen LogP contribution in [-0.4, -0.2) is 30.0 Å². The fourth-order valence-electron chi connectivity index (χ4n) is 1.98. The lowest BCUT2D eigenvalue weighted by molar-refractivity contribution is -0.385. The first-order valence-electron chi connectivity index (χ1n) is 6.10. The number of hydrogen-bond acceptors (Lipinski definition) is 4. The van der Waals surface area contributed by atoms with Crippen molar-refractivity contribution in [2.24, 2.45) is 0 Å². The van der Waals surface area contributed by atoms with Gasteiger partial charge in [-0.3, -0.25) is 10.1 Å². The van der Waals surface area contributed by atoms with Crippen molar-refractivity contribution < 1.29 is 4.92 Å². The van der Waals surface area contributed by atoms with E-state index in [4.69, 9.17) is 0 Å². The molecule has 19 heavy (non-hydrogen) atoms. The molecule has 0 radical (unpaired) electrons. The number of thioether (sulfide) groups is 1. The Morgan fingerprint density at radius 1 is 1.53 bits per heavy atom. The van der Waals surface area contributed by atoms with E-state index in [2.05, 4.69) is 34.0 Å². The molecule has 0 saturated carbocycles. The number of anilines is 1. The SMILES string of the molecule is CCC(CSC)N(C)c1ccc([N+](=O)[O-])c(CBr)c1. The Hall–Kier alpha value is -0.750. The number of rotatable bonds is 7. The molecule has 0 aromatic heterocycles. The number of nitro groups is 1. The summed E-state index contributed by atoms with van der Waals surface area (Å²) in [6.07, 6.45) is 3.15. The third kappa shape index (κ3) is 4.11. The maximum atomic E-state index is 10.9. The van der Waals surface area contributed by atoms with Crippen LogP contribution in [0.3, 0.4) is 0 Å². The van der Waals surface area contributed by atoms with Crippen LogP contribution in [0.1, 0.15) is 18.9 Å². The molecule has 106 valence electrons. The van der Waals surface area contributed by atoms with Gasteiger partial charge in [0.25, 0.3) is 5.69 Å². The van der Waals surface area contributed by atoms with Gasteiger partial charge in [-0.15, -0.1) is 0 Å². The molecule has 0 amide bonds. The summed E-state index contributed by atoms with van der Waals surface area (Å²) in [7, 11) is 2.05. The minimum Gasteiger partial charge on any atom is -0.371 e. The summed E-state index contributed by atoms with van der Waals surface area (Å²) in [5.74, 6) is 1.05. The minimum absolute atomic E-state index is 0.173. The number of alkyl halides is 1. The van der Waals surface area contributed by atoms with Crippen LogP contribution in [0.5, 0.6) is 0 Å². The molecular weight excluding hydrogens is 328 g/mol. The van der Waals surface area contributed by atoms with Crippen LogP contribution >= 0.6 is 27.7 Å². The zero-order chi connectivity index (χ0) is 14.4. The minimum atomic E-state index is -0.334. The van der Waals surface area contributed by atoms with E-state index in [0.717, 1.165) is 17.9 Å². The number of hydrogen-bond donors (Lipinski definition) is 0. The summed E-state index contributed by atoms with van der Waals surface area (Å²) in [6, 6.07) is 5.76. The lowest BCUT2D eigenvalue weighted by atomic mass is 10.1. The van der Waals surface area contributed by atoms with Crippen LogP contribution in [0.4, 0.5) is 11.4 Å². The highest BCUT2D eigenvalue weighted by molar-refractivity contribution is 9.08. The second-order valence-corrected chi connectivity index (χ2v) is 5.80. The van der Waals surface area contributed by atoms with Gasteiger partial charge < -0.3 is 4.90 Å². The van der Waals surface area contributed by atoms with Gasteiger partial charge in [0.15, 0.2) is 0 Å². The molecule has 0 N–H and O–H groups in total. The maximum absolute atomic E-state index is 10.9. The largest absolute Gasteiger partial charge is 0.371 e. The van der Waals surface area contributed by atoms with Gasteiger partial charge in [0.05, 0.1) is 4.92 Å². The van der Waals surface area contributed by atoms with Crippen molar-refractivity contribution in [3.05, 3.63) is 33.9 Å². The van der Waals surface area contributed by atoms with E-state index >= 15 is 0 Å². The highest BCUT2D eigenvalue weighted by Crippen LogP contribution is 2.28. The molecule has 0 aliphatic heterocycles. The van der Waals surface area contributed by atoms with Crippen LogP contribution in [0.15, 0.2) is 18.2 Å². The first kappa shape index (κ1) is 16.3. The first-order chi connectivity index (χ1) is 9.04. The second-order valence-electron chi connectivity index (χ2n) is 4.33. The smallest absolute Gasteiger partial charge is 0.273 e. The van der Waals surface area contributed by atoms with Crippen molar-refractivity contribution in [3.8, 4) is 0 Å². The standard InChI is InChI=1S/C13H19BrN2O2S/c1-4-11(9-19-3)15(2)12-5-6-13(16(17)18)10(7-12)8-14/h5-7,11H,4,8-9H2,1-3H3. The Kier molecular flexibility index (Phi) is 6.65. The Balaban J connectivity index is 3.04. The molecule has 0 aliphatic carbocycles. The molecule has 0 bridgehead atoms. The summed E-state index contributed by atoms with van der Waals surface area (Å²) in [5, 5.41) is 11.4. The van der Waals surface area contributed by atoms with Crippen LogP contribution in [0.25, 0.3) is 0 Å². The summed E-state index contributed by atoms with van der Waals surface area (Å²) in [5.41, 5.74) is 1.92. The fraction of sp³-hybridized carbons (Fsp3) is 0.538. The fourth-order valence-corrected chi connectivity index (χ4v) is 3.28. The van der Waals surface area contributed by atoms with Crippen molar-refractivity contribution >= 4 is 39.1 Å². The third-order valence-corrected chi connectivity index (χ3v) is 4.51. The lowest BCUT2D eigenvalue weighted by Gasteiger charge is -2.29. The topological polar surface area (TPSA) is 46.4 Å². The van der Waals surface area contributed by atoms with Gasteiger partial charge >= 0.3 is 0 Å². The molecule has 1 rings (SSSR count). The number of halogens is 1. The molecule has 1 unspecified atom stereocenters. The van der Waals surface area contributed by atoms with Crippen LogP contribution in [-0.2, 0) is 5.33 Å². The van der Waals surface area contributed by atoms with Crippen molar-refractivity contribution in [1.29, 1.82) is 0 Å². The Morgan fingerprint density at radius 2 is 2.21 bits per heavy atom. The summed E-state index contributed by atoms with van der Waals surface area (Å²) >= 11 is 5.13. The molecule has 0 aliphatic rings. The predicted octanol–water partition coefficient (Wildman–Crippen LogP) is 4.07. The highest BCUT2D eigenvalue weighted by atomic mass is 79.9. The maximum Gasteiger partial charge on any atom is 0.273 e. The van der Waals surface area contributed by atoms with Gasteiger partial charge in [-0.2, -0.15) is 11.8 Å². The Labute approximate surface area is 126 Å². The number of nitro benzene ring substituents is 1. The molecule has 1 atom stereocenters. The zero-order valence-corrected chi connectivity index (χ0v) is 13.8. The summed E-state index contributed by atoms with van der Waals surface area (Å²) < 4.78 is 0. The van der Waals surface area contributed by atoms with E-state index in [9.17, 15) is 10.1 Å². The average Bonchev–Trinajstić information content (AvgIpc) is 2.43. The quantitative estimate of drug-likeness (QED) is 0.424. The molecule has 0 fully saturated rings. The van der Waals surface area contributed by atoms with Crippen LogP contribution in [0, 0.1) is 10.1 Å². The molecule has 0 heterocycles. The molecular formula is C13H19BrN2O2S. The second kappa shape index (κ2) is 7.75. The number of nitrogens with zero attached hydrogens (tertiary/aromatic N) is 2. The van der Waals surface area contributed by atoms with Gasteiger partial charge in [0.1, 0.15) is 0 Å². The Bertz CT molecular complexity index is 443. The monoisotopic (exact) mass is 346 g/mol. The van der Waals surface area contributed by atoms with E-state index in [1.807, 2.05) is 30.9 Å². The molecule has 6 heteroatoms. The van der Waals surface area contributed by atoms with Gasteiger partial charge in [0.2, 0.25) is 0 Å². The van der Waals surface area contributed by atoms with Gasteiger partial charge in [0, 0.05) is 41.5 Å². The van der Waals surface area contributed by atoms with Gasteiger partial charge in [-0.05, 0) is 24.8 Å². The molecule has 4 nitrogen and oxygen atoms in total. The Morgan fingerprint density at radius 3 is 2.68 bits per heavy atom. The van der Waals surface area contributed by atoms with E-state index < -0.39 is 0 Å². The first-order valence-corrected chi connectivity index (χ1v) is 8.61. The van der Waals surface area contributed by atoms with Crippen LogP contribution < -0.4 is 4.90 Å². The van der Waals surface area contributed by atoms with Crippen molar-refractivity contribution in [2.75, 3.05) is 24.0 Å². The van der Waals surface area contributed by atoms with E-state index in [-0.39, 0.29) is 10.6 Å². The van der Waals surface area contributed by atoms with E-state index in [0.29, 0.717) is 16.9 Å². The van der Waals surface area contributed by atoms with Crippen molar-refractivity contribution in [3.63, 3.8) is 0 Å². The van der Waals surface area contributed by atoms with Gasteiger partial charge in [-0.25, -0.2) is 0 Å². The van der Waals surface area contributed by atoms with E-state index in [1.54, 1.807) is 6.07 Å². The van der Waals surface area contributed by atoms with Crippen molar-refractivity contribution in [2.45, 2.75) is 24.7 Å². The third-order valence-electron chi connectivity index (χ3n) is 3.19. The summed E-state index contributed by atoms with van der Waals surface area (Å²) in [6.45, 7) is 2.16. The van der Waals surface area contributed by atoms with Crippen molar-refractivity contribution in [1.82, 2.24) is 0 Å². The molecule has 0 saturated heterocycles. The molecule has 0 spiro atoms. The summed E-state index contributed by atoms with van der Waals surface area (Å²) in [4.78, 5) is 12.8. The number of benzene rings is 1.